The van der Waals surface area contributed by atoms with Crippen molar-refractivity contribution in [1.82, 2.24) is 10.2 Å². The maximum Gasteiger partial charge on any atom is 0.287 e. The van der Waals surface area contributed by atoms with Crippen LogP contribution in [0.3, 0.4) is 0 Å². The monoisotopic (exact) mass is 424 g/mol. The van der Waals surface area contributed by atoms with E-state index in [0.717, 1.165) is 24.2 Å². The molecule has 30 heavy (non-hydrogen) atoms. The minimum atomic E-state index is -0.343. The summed E-state index contributed by atoms with van der Waals surface area (Å²) in [6.07, 6.45) is 4.91. The number of likely N-dealkylation sites (tertiary alicyclic amines) is 1. The van der Waals surface area contributed by atoms with Gasteiger partial charge in [0.2, 0.25) is 0 Å². The average molecular weight is 425 g/mol. The number of nitrogens with one attached hydrogen (secondary N) is 1. The Labute approximate surface area is 180 Å². The van der Waals surface area contributed by atoms with E-state index in [4.69, 9.17) is 4.42 Å². The second-order valence-electron chi connectivity index (χ2n) is 8.12. The first-order chi connectivity index (χ1) is 14.5. The third-order valence-electron chi connectivity index (χ3n) is 5.80. The summed E-state index contributed by atoms with van der Waals surface area (Å²) in [6.45, 7) is 6.42. The molecule has 0 bridgehead atoms. The number of fused-ring (bicyclic) bond motifs is 1. The molecule has 1 aliphatic rings. The van der Waals surface area contributed by atoms with E-state index < -0.39 is 0 Å². The van der Waals surface area contributed by atoms with Gasteiger partial charge in [-0.3, -0.25) is 14.5 Å². The van der Waals surface area contributed by atoms with Gasteiger partial charge in [0.15, 0.2) is 11.2 Å². The summed E-state index contributed by atoms with van der Waals surface area (Å²) in [7, 11) is 0. The van der Waals surface area contributed by atoms with Gasteiger partial charge in [0.05, 0.1) is 11.4 Å². The second kappa shape index (κ2) is 9.14. The summed E-state index contributed by atoms with van der Waals surface area (Å²) < 4.78 is 5.83. The standard InChI is InChI=1S/C24H28N2O3S/c1-16-12-17(2)23-19(27)14-21(29-20(23)13-16)24(28)25-15-18(22-8-7-11-30-22)26-9-5-3-4-6-10-26/h7-8,11-14,18H,3-6,9-10,15H2,1-2H3,(H,25,28)/t18-/m0/s1. The molecule has 158 valence electrons. The van der Waals surface area contributed by atoms with E-state index in [1.165, 1.54) is 36.6 Å². The van der Waals surface area contributed by atoms with Crippen molar-refractivity contribution in [2.75, 3.05) is 19.6 Å². The molecular weight excluding hydrogens is 396 g/mol. The molecule has 6 heteroatoms. The Morgan fingerprint density at radius 2 is 1.93 bits per heavy atom. The number of carbonyl (C=O) groups is 1. The Morgan fingerprint density at radius 1 is 1.17 bits per heavy atom. The smallest absolute Gasteiger partial charge is 0.287 e. The van der Waals surface area contributed by atoms with Gasteiger partial charge < -0.3 is 9.73 Å². The number of nitrogens with zero attached hydrogens (tertiary/aromatic N) is 1. The third-order valence-corrected chi connectivity index (χ3v) is 6.78. The second-order valence-corrected chi connectivity index (χ2v) is 9.10. The number of carbonyl (C=O) groups excluding carboxylic acids is 1. The first-order valence-corrected chi connectivity index (χ1v) is 11.5. The van der Waals surface area contributed by atoms with Crippen LogP contribution in [0.15, 0.2) is 44.9 Å². The summed E-state index contributed by atoms with van der Waals surface area (Å²) in [4.78, 5) is 29.2. The molecule has 2 aromatic heterocycles. The van der Waals surface area contributed by atoms with Crippen LogP contribution >= 0.6 is 11.3 Å². The summed E-state index contributed by atoms with van der Waals surface area (Å²) in [6, 6.07) is 9.40. The highest BCUT2D eigenvalue weighted by atomic mass is 32.1. The Morgan fingerprint density at radius 3 is 2.63 bits per heavy atom. The number of thiophene rings is 1. The number of hydrogen-bond donors (Lipinski definition) is 1. The summed E-state index contributed by atoms with van der Waals surface area (Å²) >= 11 is 1.72. The van der Waals surface area contributed by atoms with E-state index in [9.17, 15) is 9.59 Å². The molecule has 0 aliphatic carbocycles. The van der Waals surface area contributed by atoms with Crippen molar-refractivity contribution < 1.29 is 9.21 Å². The molecule has 5 nitrogen and oxygen atoms in total. The quantitative estimate of drug-likeness (QED) is 0.638. The average Bonchev–Trinajstić information content (AvgIpc) is 3.10. The minimum Gasteiger partial charge on any atom is -0.451 e. The minimum absolute atomic E-state index is 0.0679. The van der Waals surface area contributed by atoms with Crippen molar-refractivity contribution >= 4 is 28.2 Å². The van der Waals surface area contributed by atoms with Gasteiger partial charge in [-0.25, -0.2) is 0 Å². The third kappa shape index (κ3) is 4.50. The molecule has 1 atom stereocenters. The fraction of sp³-hybridized carbons (Fsp3) is 0.417. The largest absolute Gasteiger partial charge is 0.451 e. The molecule has 1 aliphatic heterocycles. The Bertz CT molecular complexity index is 1080. The molecule has 3 heterocycles. The van der Waals surface area contributed by atoms with Crippen LogP contribution in [0.5, 0.6) is 0 Å². The molecule has 0 saturated carbocycles. The van der Waals surface area contributed by atoms with Crippen LogP contribution in [0.2, 0.25) is 0 Å². The molecule has 1 aromatic carbocycles. The number of rotatable bonds is 5. The lowest BCUT2D eigenvalue weighted by molar-refractivity contribution is 0.0907. The molecule has 1 N–H and O–H groups in total. The maximum absolute atomic E-state index is 12.9. The predicted octanol–water partition coefficient (Wildman–Crippen LogP) is 4.82. The molecule has 0 spiro atoms. The van der Waals surface area contributed by atoms with Crippen molar-refractivity contribution in [2.45, 2.75) is 45.6 Å². The van der Waals surface area contributed by atoms with Gasteiger partial charge in [0.25, 0.3) is 5.91 Å². The lowest BCUT2D eigenvalue weighted by atomic mass is 10.1. The van der Waals surface area contributed by atoms with Gasteiger partial charge in [-0.2, -0.15) is 0 Å². The van der Waals surface area contributed by atoms with Crippen molar-refractivity contribution in [3.05, 3.63) is 67.7 Å². The van der Waals surface area contributed by atoms with Crippen LogP contribution in [0.4, 0.5) is 0 Å². The van der Waals surface area contributed by atoms with Crippen LogP contribution in [0.1, 0.15) is 58.3 Å². The van der Waals surface area contributed by atoms with E-state index in [1.807, 2.05) is 26.0 Å². The van der Waals surface area contributed by atoms with Crippen molar-refractivity contribution in [3.63, 3.8) is 0 Å². The SMILES string of the molecule is Cc1cc(C)c2c(=O)cc(C(=O)NC[C@@H](c3cccs3)N3CCCCCC3)oc2c1. The number of hydrogen-bond acceptors (Lipinski definition) is 5. The molecule has 1 saturated heterocycles. The van der Waals surface area contributed by atoms with Gasteiger partial charge in [-0.05, 0) is 68.4 Å². The topological polar surface area (TPSA) is 62.6 Å². The van der Waals surface area contributed by atoms with Gasteiger partial charge in [0, 0.05) is 17.5 Å². The molecule has 3 aromatic rings. The van der Waals surface area contributed by atoms with Crippen molar-refractivity contribution in [2.24, 2.45) is 0 Å². The van der Waals surface area contributed by atoms with Gasteiger partial charge in [0.1, 0.15) is 5.58 Å². The van der Waals surface area contributed by atoms with Gasteiger partial charge in [-0.1, -0.05) is 25.0 Å². The van der Waals surface area contributed by atoms with Crippen LogP contribution in [0, 0.1) is 13.8 Å². The van der Waals surface area contributed by atoms with E-state index in [2.05, 4.69) is 27.7 Å². The lowest BCUT2D eigenvalue weighted by Gasteiger charge is -2.30. The van der Waals surface area contributed by atoms with Crippen LogP contribution in [0.25, 0.3) is 11.0 Å². The Hall–Kier alpha value is -2.44. The predicted molar refractivity (Wildman–Crippen MR) is 121 cm³/mol. The zero-order valence-electron chi connectivity index (χ0n) is 17.6. The summed E-state index contributed by atoms with van der Waals surface area (Å²) in [5.41, 5.74) is 2.15. The fourth-order valence-electron chi connectivity index (χ4n) is 4.35. The van der Waals surface area contributed by atoms with Gasteiger partial charge in [-0.15, -0.1) is 11.3 Å². The molecule has 0 unspecified atom stereocenters. The van der Waals surface area contributed by atoms with E-state index in [1.54, 1.807) is 11.3 Å². The van der Waals surface area contributed by atoms with Crippen LogP contribution < -0.4 is 10.7 Å². The molecule has 1 amide bonds. The highest BCUT2D eigenvalue weighted by Gasteiger charge is 2.24. The highest BCUT2D eigenvalue weighted by molar-refractivity contribution is 7.10. The van der Waals surface area contributed by atoms with Crippen LogP contribution in [-0.2, 0) is 0 Å². The highest BCUT2D eigenvalue weighted by Crippen LogP contribution is 2.27. The van der Waals surface area contributed by atoms with Crippen molar-refractivity contribution in [1.29, 1.82) is 0 Å². The molecule has 4 rings (SSSR count). The lowest BCUT2D eigenvalue weighted by Crippen LogP contribution is -2.38. The summed E-state index contributed by atoms with van der Waals surface area (Å²) in [5, 5.41) is 5.64. The Balaban J connectivity index is 1.55. The number of aryl methyl sites for hydroxylation is 2. The Kier molecular flexibility index (Phi) is 6.35. The van der Waals surface area contributed by atoms with Crippen molar-refractivity contribution in [3.8, 4) is 0 Å². The van der Waals surface area contributed by atoms with E-state index in [-0.39, 0.29) is 23.1 Å². The van der Waals surface area contributed by atoms with E-state index >= 15 is 0 Å². The van der Waals surface area contributed by atoms with E-state index in [0.29, 0.717) is 17.5 Å². The van der Waals surface area contributed by atoms with Crippen LogP contribution in [-0.4, -0.2) is 30.4 Å². The molecule has 0 radical (unpaired) electrons. The number of benzene rings is 1. The fourth-order valence-corrected chi connectivity index (χ4v) is 5.21. The maximum atomic E-state index is 12.9. The number of amides is 1. The van der Waals surface area contributed by atoms with Gasteiger partial charge >= 0.3 is 0 Å². The zero-order valence-corrected chi connectivity index (χ0v) is 18.4. The summed E-state index contributed by atoms with van der Waals surface area (Å²) in [5.74, 6) is -0.275. The first-order valence-electron chi connectivity index (χ1n) is 10.6. The molecular formula is C24H28N2O3S. The normalized spacial score (nSPS) is 16.3. The first kappa shape index (κ1) is 20.8. The molecule has 1 fully saturated rings. The zero-order chi connectivity index (χ0) is 21.1.